The van der Waals surface area contributed by atoms with Crippen LogP contribution in [0.3, 0.4) is 0 Å². The van der Waals surface area contributed by atoms with Gasteiger partial charge in [-0.1, -0.05) is 18.2 Å². The molecule has 6 nitrogen and oxygen atoms in total. The Hall–Kier alpha value is -1.92. The summed E-state index contributed by atoms with van der Waals surface area (Å²) in [5.41, 5.74) is 1.73. The molecule has 2 aliphatic rings. The Balaban J connectivity index is 1.50. The van der Waals surface area contributed by atoms with Crippen LogP contribution in [0.5, 0.6) is 0 Å². The van der Waals surface area contributed by atoms with Crippen LogP contribution in [0.4, 0.5) is 0 Å². The minimum atomic E-state index is -0.134. The Kier molecular flexibility index (Phi) is 6.73. The van der Waals surface area contributed by atoms with Gasteiger partial charge in [-0.05, 0) is 52.2 Å². The van der Waals surface area contributed by atoms with E-state index in [1.54, 1.807) is 0 Å². The second-order valence-corrected chi connectivity index (χ2v) is 8.28. The largest absolute Gasteiger partial charge is 0.372 e. The molecule has 1 aromatic carbocycles. The molecule has 1 N–H and O–H groups in total. The number of amides is 2. The molecule has 28 heavy (non-hydrogen) atoms. The maximum absolute atomic E-state index is 12.9. The van der Waals surface area contributed by atoms with Gasteiger partial charge >= 0.3 is 0 Å². The molecule has 2 heterocycles. The standard InChI is InChI=1S/C22H33N3O3/c1-15-7-5-6-8-20(15)21(26)23-19-9-11-24(12-10-19)18(4)22(27)25-13-16(2)28-17(3)14-25/h5-8,16-19H,9-14H2,1-4H3,(H,23,26). The molecule has 2 fully saturated rings. The van der Waals surface area contributed by atoms with Crippen LogP contribution < -0.4 is 5.32 Å². The molecule has 0 radical (unpaired) electrons. The topological polar surface area (TPSA) is 61.9 Å². The van der Waals surface area contributed by atoms with E-state index in [4.69, 9.17) is 4.74 Å². The number of nitrogens with zero attached hydrogens (tertiary/aromatic N) is 2. The molecule has 0 spiro atoms. The van der Waals surface area contributed by atoms with Crippen LogP contribution in [-0.4, -0.2) is 72.1 Å². The molecule has 0 bridgehead atoms. The Bertz CT molecular complexity index is 690. The highest BCUT2D eigenvalue weighted by Gasteiger charge is 2.33. The van der Waals surface area contributed by atoms with Crippen molar-refractivity contribution in [3.8, 4) is 0 Å². The molecule has 0 aromatic heterocycles. The third-order valence-corrected chi connectivity index (χ3v) is 5.89. The van der Waals surface area contributed by atoms with E-state index in [0.29, 0.717) is 13.1 Å². The minimum Gasteiger partial charge on any atom is -0.372 e. The highest BCUT2D eigenvalue weighted by Crippen LogP contribution is 2.18. The molecule has 3 atom stereocenters. The van der Waals surface area contributed by atoms with Gasteiger partial charge in [-0.3, -0.25) is 14.5 Å². The van der Waals surface area contributed by atoms with Gasteiger partial charge in [0.1, 0.15) is 0 Å². The quantitative estimate of drug-likeness (QED) is 0.861. The second-order valence-electron chi connectivity index (χ2n) is 8.28. The lowest BCUT2D eigenvalue weighted by Gasteiger charge is -2.40. The lowest BCUT2D eigenvalue weighted by Crippen LogP contribution is -2.56. The first kappa shape index (κ1) is 20.8. The number of carbonyl (C=O) groups excluding carboxylic acids is 2. The lowest BCUT2D eigenvalue weighted by molar-refractivity contribution is -0.148. The van der Waals surface area contributed by atoms with E-state index in [-0.39, 0.29) is 36.1 Å². The van der Waals surface area contributed by atoms with Crippen LogP contribution in [0.1, 0.15) is 49.5 Å². The van der Waals surface area contributed by atoms with Gasteiger partial charge in [0.05, 0.1) is 18.2 Å². The van der Waals surface area contributed by atoms with Gasteiger partial charge in [0.15, 0.2) is 0 Å². The van der Waals surface area contributed by atoms with Crippen molar-refractivity contribution < 1.29 is 14.3 Å². The Labute approximate surface area is 168 Å². The van der Waals surface area contributed by atoms with Crippen molar-refractivity contribution in [1.29, 1.82) is 0 Å². The summed E-state index contributed by atoms with van der Waals surface area (Å²) in [4.78, 5) is 29.6. The van der Waals surface area contributed by atoms with E-state index in [9.17, 15) is 9.59 Å². The van der Waals surface area contributed by atoms with Crippen molar-refractivity contribution in [2.45, 2.75) is 64.8 Å². The van der Waals surface area contributed by atoms with E-state index in [0.717, 1.165) is 37.1 Å². The van der Waals surface area contributed by atoms with E-state index in [1.807, 2.05) is 56.9 Å². The fourth-order valence-electron chi connectivity index (χ4n) is 4.30. The van der Waals surface area contributed by atoms with E-state index in [1.165, 1.54) is 0 Å². The molecule has 6 heteroatoms. The highest BCUT2D eigenvalue weighted by molar-refractivity contribution is 5.95. The predicted octanol–water partition coefficient (Wildman–Crippen LogP) is 2.21. The zero-order valence-electron chi connectivity index (χ0n) is 17.5. The fourth-order valence-corrected chi connectivity index (χ4v) is 4.30. The van der Waals surface area contributed by atoms with Crippen LogP contribution in [0.25, 0.3) is 0 Å². The van der Waals surface area contributed by atoms with Gasteiger partial charge in [0.25, 0.3) is 5.91 Å². The van der Waals surface area contributed by atoms with Crippen LogP contribution in [-0.2, 0) is 9.53 Å². The van der Waals surface area contributed by atoms with Crippen LogP contribution >= 0.6 is 0 Å². The number of hydrogen-bond donors (Lipinski definition) is 1. The van der Waals surface area contributed by atoms with Crippen molar-refractivity contribution in [2.75, 3.05) is 26.2 Å². The molecule has 2 aliphatic heterocycles. The smallest absolute Gasteiger partial charge is 0.251 e. The van der Waals surface area contributed by atoms with Gasteiger partial charge in [-0.15, -0.1) is 0 Å². The monoisotopic (exact) mass is 387 g/mol. The summed E-state index contributed by atoms with van der Waals surface area (Å²) in [5.74, 6) is 0.182. The summed E-state index contributed by atoms with van der Waals surface area (Å²) in [7, 11) is 0. The number of piperidine rings is 1. The van der Waals surface area contributed by atoms with E-state index < -0.39 is 0 Å². The lowest BCUT2D eigenvalue weighted by atomic mass is 10.0. The number of morpholine rings is 1. The van der Waals surface area contributed by atoms with Crippen molar-refractivity contribution in [1.82, 2.24) is 15.1 Å². The number of ether oxygens (including phenoxy) is 1. The van der Waals surface area contributed by atoms with Crippen molar-refractivity contribution in [3.63, 3.8) is 0 Å². The van der Waals surface area contributed by atoms with Gasteiger partial charge in [-0.2, -0.15) is 0 Å². The maximum Gasteiger partial charge on any atom is 0.251 e. The Morgan fingerprint density at radius 3 is 2.32 bits per heavy atom. The van der Waals surface area contributed by atoms with Crippen LogP contribution in [0.15, 0.2) is 24.3 Å². The van der Waals surface area contributed by atoms with Gasteiger partial charge in [0, 0.05) is 37.8 Å². The summed E-state index contributed by atoms with van der Waals surface area (Å²) in [5, 5.41) is 3.16. The Morgan fingerprint density at radius 2 is 1.71 bits per heavy atom. The summed E-state index contributed by atoms with van der Waals surface area (Å²) < 4.78 is 5.74. The van der Waals surface area contributed by atoms with E-state index >= 15 is 0 Å². The molecule has 0 aliphatic carbocycles. The average molecular weight is 388 g/mol. The normalized spacial score (nSPS) is 25.4. The number of rotatable bonds is 4. The van der Waals surface area contributed by atoms with Gasteiger partial charge in [0.2, 0.25) is 5.91 Å². The summed E-state index contributed by atoms with van der Waals surface area (Å²) >= 11 is 0. The average Bonchev–Trinajstić information content (AvgIpc) is 2.67. The first-order valence-electron chi connectivity index (χ1n) is 10.4. The number of nitrogens with one attached hydrogen (secondary N) is 1. The maximum atomic E-state index is 12.9. The van der Waals surface area contributed by atoms with Crippen LogP contribution in [0, 0.1) is 6.92 Å². The first-order valence-corrected chi connectivity index (χ1v) is 10.4. The fraction of sp³-hybridized carbons (Fsp3) is 0.636. The number of benzene rings is 1. The van der Waals surface area contributed by atoms with Crippen molar-refractivity contribution >= 4 is 11.8 Å². The predicted molar refractivity (Wildman–Crippen MR) is 109 cm³/mol. The van der Waals surface area contributed by atoms with Gasteiger partial charge < -0.3 is 15.0 Å². The molecular formula is C22H33N3O3. The number of carbonyl (C=O) groups is 2. The molecule has 2 saturated heterocycles. The molecule has 154 valence electrons. The van der Waals surface area contributed by atoms with Crippen molar-refractivity contribution in [2.24, 2.45) is 0 Å². The summed E-state index contributed by atoms with van der Waals surface area (Å²) in [6.45, 7) is 11.0. The number of aryl methyl sites for hydroxylation is 1. The molecular weight excluding hydrogens is 354 g/mol. The highest BCUT2D eigenvalue weighted by atomic mass is 16.5. The third-order valence-electron chi connectivity index (χ3n) is 5.89. The summed E-state index contributed by atoms with van der Waals surface area (Å²) in [6.07, 6.45) is 1.90. The number of likely N-dealkylation sites (tertiary alicyclic amines) is 1. The molecule has 3 unspecified atom stereocenters. The molecule has 1 aromatic rings. The summed E-state index contributed by atoms with van der Waals surface area (Å²) in [6, 6.07) is 7.69. The molecule has 2 amide bonds. The third kappa shape index (κ3) is 4.92. The van der Waals surface area contributed by atoms with Crippen molar-refractivity contribution in [3.05, 3.63) is 35.4 Å². The number of hydrogen-bond acceptors (Lipinski definition) is 4. The zero-order valence-corrected chi connectivity index (χ0v) is 17.5. The Morgan fingerprint density at radius 1 is 1.11 bits per heavy atom. The minimum absolute atomic E-state index is 0.00281. The first-order chi connectivity index (χ1) is 13.3. The molecule has 0 saturated carbocycles. The zero-order chi connectivity index (χ0) is 20.3. The van der Waals surface area contributed by atoms with E-state index in [2.05, 4.69) is 10.2 Å². The van der Waals surface area contributed by atoms with Gasteiger partial charge in [-0.25, -0.2) is 0 Å². The van der Waals surface area contributed by atoms with Crippen LogP contribution in [0.2, 0.25) is 0 Å². The SMILES string of the molecule is Cc1ccccc1C(=O)NC1CCN(C(C)C(=O)N2CC(C)OC(C)C2)CC1. The second kappa shape index (κ2) is 9.05. The molecule has 3 rings (SSSR count).